The number of nitrogens with one attached hydrogen (secondary N) is 1. The highest BCUT2D eigenvalue weighted by Gasteiger charge is 2.52. The summed E-state index contributed by atoms with van der Waals surface area (Å²) in [6.07, 6.45) is 9.50. The van der Waals surface area contributed by atoms with Crippen LogP contribution < -0.4 is 19.1 Å². The van der Waals surface area contributed by atoms with Gasteiger partial charge in [0.05, 0.1) is 35.4 Å². The Morgan fingerprint density at radius 1 is 1.15 bits per heavy atom. The van der Waals surface area contributed by atoms with Gasteiger partial charge in [-0.3, -0.25) is 14.5 Å². The molecule has 4 aliphatic heterocycles. The van der Waals surface area contributed by atoms with Crippen LogP contribution in [0, 0.1) is 5.92 Å². The summed E-state index contributed by atoms with van der Waals surface area (Å²) in [6.45, 7) is 4.99. The van der Waals surface area contributed by atoms with E-state index in [0.29, 0.717) is 54.7 Å². The Hall–Kier alpha value is -4.27. The highest BCUT2D eigenvalue weighted by atomic mass is 35.5. The average molecular weight is 781 g/mol. The number of carbonyl (C=O) groups is 2. The zero-order chi connectivity index (χ0) is 38.2. The van der Waals surface area contributed by atoms with Crippen molar-refractivity contribution >= 4 is 39.1 Å². The van der Waals surface area contributed by atoms with Crippen molar-refractivity contribution in [1.82, 2.24) is 24.5 Å². The van der Waals surface area contributed by atoms with Crippen molar-refractivity contribution < 1.29 is 31.9 Å². The molecule has 0 radical (unpaired) electrons. The third-order valence-corrected chi connectivity index (χ3v) is 13.6. The maximum atomic E-state index is 17.3. The number of aromatic nitrogens is 2. The fourth-order valence-corrected chi connectivity index (χ4v) is 9.81. The molecule has 12 nitrogen and oxygen atoms in total. The number of anilines is 1. The van der Waals surface area contributed by atoms with Gasteiger partial charge in [-0.2, -0.15) is 0 Å². The number of amides is 2. The van der Waals surface area contributed by atoms with E-state index < -0.39 is 50.4 Å². The lowest BCUT2D eigenvalue weighted by atomic mass is 9.79. The monoisotopic (exact) mass is 780 g/mol. The predicted octanol–water partition coefficient (Wildman–Crippen LogP) is 5.40. The van der Waals surface area contributed by atoms with Gasteiger partial charge in [0, 0.05) is 37.3 Å². The average Bonchev–Trinajstić information content (AvgIpc) is 3.57. The Labute approximate surface area is 320 Å². The Kier molecular flexibility index (Phi) is 10.9. The van der Waals surface area contributed by atoms with Crippen molar-refractivity contribution in [2.75, 3.05) is 44.7 Å². The standard InChI is InChI=1S/C39H46ClFN6O6S/c1-25-8-10-33(41)36(38(49)45(3)15-16-52-30-20-42-24-43-21-30)47-14-6-12-39(47)23-46-13-5-4-7-27-17-29(40)19-32(39)31(27)22-53-35-11-9-28(18-34(35)46)37(48)44-54(50,51)26(25)2/h9-11,17-21,24-26,36H,4-8,12-16,22-23H2,1-3H3,(H,44,48)/b33-10-/t25-,26+,36+,39-/m0/s1. The maximum absolute atomic E-state index is 17.3. The number of sulfonamides is 1. The highest BCUT2D eigenvalue weighted by Crippen LogP contribution is 2.49. The lowest BCUT2D eigenvalue weighted by Crippen LogP contribution is -2.58. The minimum Gasteiger partial charge on any atom is -0.489 e. The molecule has 1 aromatic heterocycles. The van der Waals surface area contributed by atoms with E-state index in [2.05, 4.69) is 19.6 Å². The summed E-state index contributed by atoms with van der Waals surface area (Å²) in [4.78, 5) is 41.9. The second kappa shape index (κ2) is 15.5. The molecule has 0 aliphatic carbocycles. The minimum absolute atomic E-state index is 0.0128. The van der Waals surface area contributed by atoms with Gasteiger partial charge in [0.15, 0.2) is 5.75 Å². The maximum Gasteiger partial charge on any atom is 0.264 e. The first-order chi connectivity index (χ1) is 25.9. The molecular formula is C39H46ClFN6O6S. The highest BCUT2D eigenvalue weighted by molar-refractivity contribution is 7.90. The number of carbonyl (C=O) groups excluding carboxylic acids is 2. The predicted molar refractivity (Wildman–Crippen MR) is 203 cm³/mol. The number of allylic oxidation sites excluding steroid dienone is 1. The number of rotatable bonds is 5. The first kappa shape index (κ1) is 38.0. The van der Waals surface area contributed by atoms with Crippen molar-refractivity contribution in [2.45, 2.75) is 75.8 Å². The van der Waals surface area contributed by atoms with E-state index in [-0.39, 0.29) is 31.7 Å². The first-order valence-corrected chi connectivity index (χ1v) is 20.4. The Morgan fingerprint density at radius 2 is 1.94 bits per heavy atom. The number of ether oxygens (including phenoxy) is 2. The van der Waals surface area contributed by atoms with Gasteiger partial charge in [-0.05, 0) is 98.4 Å². The fourth-order valence-electron chi connectivity index (χ4n) is 8.29. The lowest BCUT2D eigenvalue weighted by Gasteiger charge is -2.47. The number of benzene rings is 2. The number of aryl methyl sites for hydroxylation is 1. The van der Waals surface area contributed by atoms with Crippen molar-refractivity contribution in [3.63, 3.8) is 0 Å². The molecule has 2 aromatic carbocycles. The zero-order valence-electron chi connectivity index (χ0n) is 30.8. The first-order valence-electron chi connectivity index (χ1n) is 18.5. The summed E-state index contributed by atoms with van der Waals surface area (Å²) in [6, 6.07) is 7.57. The normalized spacial score (nSPS) is 26.5. The van der Waals surface area contributed by atoms with Gasteiger partial charge < -0.3 is 19.3 Å². The van der Waals surface area contributed by atoms with Gasteiger partial charge in [-0.1, -0.05) is 24.6 Å². The van der Waals surface area contributed by atoms with Gasteiger partial charge in [-0.15, -0.1) is 0 Å². The largest absolute Gasteiger partial charge is 0.489 e. The van der Waals surface area contributed by atoms with Crippen LogP contribution in [0.1, 0.15) is 73.0 Å². The van der Waals surface area contributed by atoms with E-state index in [1.807, 2.05) is 17.0 Å². The molecule has 7 bridgehead atoms. The quantitative estimate of drug-likeness (QED) is 0.359. The van der Waals surface area contributed by atoms with Crippen LogP contribution in [0.5, 0.6) is 11.5 Å². The van der Waals surface area contributed by atoms with Crippen molar-refractivity contribution in [3.8, 4) is 11.5 Å². The number of hydrogen-bond donors (Lipinski definition) is 1. The molecule has 1 fully saturated rings. The van der Waals surface area contributed by atoms with Gasteiger partial charge >= 0.3 is 0 Å². The van der Waals surface area contributed by atoms with Crippen LogP contribution in [-0.4, -0.2) is 91.1 Å². The molecule has 5 heterocycles. The Bertz CT molecular complexity index is 2050. The summed E-state index contributed by atoms with van der Waals surface area (Å²) in [7, 11) is -2.53. The van der Waals surface area contributed by atoms with Crippen molar-refractivity contribution in [2.24, 2.45) is 5.92 Å². The molecule has 288 valence electrons. The third-order valence-electron chi connectivity index (χ3n) is 11.5. The van der Waals surface area contributed by atoms with Gasteiger partial charge in [0.2, 0.25) is 15.9 Å². The molecule has 4 aliphatic rings. The van der Waals surface area contributed by atoms with E-state index in [0.717, 1.165) is 36.0 Å². The van der Waals surface area contributed by atoms with Crippen LogP contribution in [0.15, 0.2) is 61.0 Å². The molecule has 1 saturated heterocycles. The summed E-state index contributed by atoms with van der Waals surface area (Å²) >= 11 is 6.92. The van der Waals surface area contributed by atoms with Gasteiger partial charge in [-0.25, -0.2) is 27.5 Å². The second-order valence-corrected chi connectivity index (χ2v) is 17.3. The molecule has 1 N–H and O–H groups in total. The number of fused-ring (bicyclic) bond motifs is 1. The van der Waals surface area contributed by atoms with Crippen LogP contribution in [0.2, 0.25) is 5.02 Å². The van der Waals surface area contributed by atoms with Crippen LogP contribution in [0.25, 0.3) is 0 Å². The van der Waals surface area contributed by atoms with Crippen molar-refractivity contribution in [3.05, 3.63) is 88.2 Å². The van der Waals surface area contributed by atoms with E-state index in [1.54, 1.807) is 32.2 Å². The van der Waals surface area contributed by atoms with E-state index in [9.17, 15) is 18.0 Å². The smallest absolute Gasteiger partial charge is 0.264 e. The molecule has 7 rings (SSSR count). The van der Waals surface area contributed by atoms with Gasteiger partial charge in [0.1, 0.15) is 37.2 Å². The van der Waals surface area contributed by atoms with Crippen LogP contribution in [-0.2, 0) is 33.4 Å². The molecule has 0 unspecified atom stereocenters. The van der Waals surface area contributed by atoms with E-state index in [4.69, 9.17) is 21.1 Å². The molecule has 15 heteroatoms. The van der Waals surface area contributed by atoms with Crippen molar-refractivity contribution in [1.29, 1.82) is 0 Å². The summed E-state index contributed by atoms with van der Waals surface area (Å²) in [5.74, 6) is -1.49. The second-order valence-electron chi connectivity index (χ2n) is 14.8. The summed E-state index contributed by atoms with van der Waals surface area (Å²) < 4.78 is 58.9. The Balaban J connectivity index is 1.40. The van der Waals surface area contributed by atoms with Crippen LogP contribution >= 0.6 is 11.6 Å². The number of nitrogens with zero attached hydrogens (tertiary/aromatic N) is 5. The zero-order valence-corrected chi connectivity index (χ0v) is 32.3. The molecule has 2 amide bonds. The molecular weight excluding hydrogens is 735 g/mol. The van der Waals surface area contributed by atoms with E-state index >= 15 is 4.39 Å². The molecule has 54 heavy (non-hydrogen) atoms. The SMILES string of the molecule is C[C@@H]1[C@@H](C)C/C=C(\F)[C@H](C(=O)N(C)CCOc2cncnc2)N2CCC[C@@]23CN2CCCCc4cc(Cl)cc3c4COc3ccc(cc32)C(=O)NS1(=O)=O. The van der Waals surface area contributed by atoms with Crippen LogP contribution in [0.4, 0.5) is 10.1 Å². The molecule has 3 aromatic rings. The fraction of sp³-hybridized carbons (Fsp3) is 0.487. The topological polar surface area (TPSA) is 134 Å². The summed E-state index contributed by atoms with van der Waals surface area (Å²) in [5, 5.41) is -0.492. The third kappa shape index (κ3) is 7.39. The van der Waals surface area contributed by atoms with Gasteiger partial charge in [0.25, 0.3) is 5.91 Å². The number of halogens is 2. The lowest BCUT2D eigenvalue weighted by molar-refractivity contribution is -0.137. The number of likely N-dealkylation sites (N-methyl/N-ethyl adjacent to an activating group) is 1. The number of hydrogen-bond acceptors (Lipinski definition) is 10. The molecule has 4 atom stereocenters. The Morgan fingerprint density at radius 3 is 2.74 bits per heavy atom. The molecule has 0 saturated carbocycles. The van der Waals surface area contributed by atoms with E-state index in [1.165, 1.54) is 36.6 Å². The van der Waals surface area contributed by atoms with Crippen LogP contribution in [0.3, 0.4) is 0 Å². The summed E-state index contributed by atoms with van der Waals surface area (Å²) in [5.41, 5.74) is 2.80. The minimum atomic E-state index is -4.16. The molecule has 1 spiro atoms.